The van der Waals surface area contributed by atoms with Gasteiger partial charge in [0.05, 0.1) is 11.7 Å². The summed E-state index contributed by atoms with van der Waals surface area (Å²) in [7, 11) is 2.05. The number of ether oxygens (including phenoxy) is 1. The van der Waals surface area contributed by atoms with Crippen LogP contribution >= 0.6 is 0 Å². The zero-order valence-electron chi connectivity index (χ0n) is 28.9. The highest BCUT2D eigenvalue weighted by molar-refractivity contribution is 6.03. The summed E-state index contributed by atoms with van der Waals surface area (Å²) in [4.78, 5) is 48.5. The second-order valence-electron chi connectivity index (χ2n) is 14.2. The number of pyridine rings is 1. The second kappa shape index (κ2) is 16.0. The molecule has 0 aliphatic heterocycles. The molecule has 3 aromatic heterocycles. The van der Waals surface area contributed by atoms with Gasteiger partial charge in [-0.25, -0.2) is 28.3 Å². The molecule has 0 radical (unpaired) electrons. The summed E-state index contributed by atoms with van der Waals surface area (Å²) in [5, 5.41) is 19.1. The van der Waals surface area contributed by atoms with Crippen LogP contribution in [0.2, 0.25) is 0 Å². The number of aromatic nitrogens is 4. The van der Waals surface area contributed by atoms with Crippen molar-refractivity contribution in [2.24, 2.45) is 11.8 Å². The van der Waals surface area contributed by atoms with Gasteiger partial charge in [0.25, 0.3) is 12.3 Å². The Hall–Kier alpha value is -4.60. The molecule has 272 valence electrons. The highest BCUT2D eigenvalue weighted by Crippen LogP contribution is 2.36. The zero-order valence-corrected chi connectivity index (χ0v) is 28.9. The first-order valence-corrected chi connectivity index (χ1v) is 17.0. The van der Waals surface area contributed by atoms with E-state index in [0.29, 0.717) is 30.5 Å². The molecule has 0 bridgehead atoms. The molecule has 3 N–H and O–H groups in total. The molecule has 3 amide bonds. The second-order valence-corrected chi connectivity index (χ2v) is 14.2. The standard InChI is InChI=1S/C34H46F2N8O6/c1-34(2,3)50-32(46)38-13-5-15-42(4)17-21-8-10-24(11-9-21)44-19-25(28(41-44)29(35)36)39-30(45)26-20-49-31(40-26)23-12-14-37-27(16-23)43(33(47)48)18-22-6-7-22/h12,14,16,19-22,24,29H,5-11,13,15,17-18H2,1-4H3,(H,38,46)(H,39,45)(H,47,48). The third-order valence-corrected chi connectivity index (χ3v) is 8.73. The molecular weight excluding hydrogens is 654 g/mol. The van der Waals surface area contributed by atoms with Crippen molar-refractivity contribution >= 4 is 29.6 Å². The molecule has 14 nitrogen and oxygen atoms in total. The van der Waals surface area contributed by atoms with E-state index in [1.807, 2.05) is 27.8 Å². The number of halogens is 2. The summed E-state index contributed by atoms with van der Waals surface area (Å²) in [6, 6.07) is 3.01. The van der Waals surface area contributed by atoms with Gasteiger partial charge in [-0.3, -0.25) is 14.4 Å². The molecular formula is C34H46F2N8O6. The van der Waals surface area contributed by atoms with E-state index in [4.69, 9.17) is 9.15 Å². The minimum absolute atomic E-state index is 0.0558. The van der Waals surface area contributed by atoms with Gasteiger partial charge in [-0.2, -0.15) is 5.10 Å². The topological polar surface area (TPSA) is 168 Å². The van der Waals surface area contributed by atoms with Crippen molar-refractivity contribution in [2.75, 3.05) is 43.4 Å². The fraction of sp³-hybridized carbons (Fsp3) is 0.588. The number of oxazole rings is 1. The highest BCUT2D eigenvalue weighted by Gasteiger charge is 2.30. The number of nitrogens with zero attached hydrogens (tertiary/aromatic N) is 6. The van der Waals surface area contributed by atoms with Crippen molar-refractivity contribution in [3.8, 4) is 11.5 Å². The van der Waals surface area contributed by atoms with Crippen molar-refractivity contribution in [3.05, 3.63) is 42.2 Å². The lowest BCUT2D eigenvalue weighted by Gasteiger charge is -2.31. The number of hydrogen-bond acceptors (Lipinski definition) is 9. The van der Waals surface area contributed by atoms with Crippen LogP contribution in [-0.2, 0) is 4.74 Å². The predicted octanol–water partition coefficient (Wildman–Crippen LogP) is 6.60. The van der Waals surface area contributed by atoms with Gasteiger partial charge in [0.2, 0.25) is 5.89 Å². The Kier molecular flexibility index (Phi) is 11.7. The van der Waals surface area contributed by atoms with Gasteiger partial charge >= 0.3 is 12.2 Å². The van der Waals surface area contributed by atoms with Crippen LogP contribution < -0.4 is 15.5 Å². The lowest BCUT2D eigenvalue weighted by Crippen LogP contribution is -2.35. The van der Waals surface area contributed by atoms with Crippen LogP contribution in [0.25, 0.3) is 11.5 Å². The maximum atomic E-state index is 14.0. The number of carbonyl (C=O) groups is 3. The average molecular weight is 701 g/mol. The number of amides is 3. The van der Waals surface area contributed by atoms with Crippen molar-refractivity contribution in [1.29, 1.82) is 0 Å². The van der Waals surface area contributed by atoms with Gasteiger partial charge in [-0.1, -0.05) is 0 Å². The molecule has 0 saturated heterocycles. The van der Waals surface area contributed by atoms with Gasteiger partial charge in [0.15, 0.2) is 11.4 Å². The maximum Gasteiger partial charge on any atom is 0.413 e. The number of carboxylic acid groups (broad SMARTS) is 1. The van der Waals surface area contributed by atoms with E-state index in [1.54, 1.807) is 6.07 Å². The van der Waals surface area contributed by atoms with Crippen LogP contribution in [0.1, 0.15) is 94.4 Å². The molecule has 0 spiro atoms. The van der Waals surface area contributed by atoms with Crippen molar-refractivity contribution in [1.82, 2.24) is 30.0 Å². The maximum absolute atomic E-state index is 14.0. The SMILES string of the molecule is CN(CCCNC(=O)OC(C)(C)C)CC1CCC(n2cc(NC(=O)c3coc(-c4ccnc(N(CC5CC5)C(=O)O)c4)n3)c(C(F)F)n2)CC1. The van der Waals surface area contributed by atoms with Gasteiger partial charge in [0, 0.05) is 37.6 Å². The normalized spacial score (nSPS) is 17.9. The van der Waals surface area contributed by atoms with Crippen LogP contribution in [0.15, 0.2) is 35.2 Å². The lowest BCUT2D eigenvalue weighted by atomic mass is 9.86. The molecule has 16 heteroatoms. The van der Waals surface area contributed by atoms with Crippen molar-refractivity contribution in [2.45, 2.75) is 83.8 Å². The number of carbonyl (C=O) groups excluding carboxylic acids is 2. The quantitative estimate of drug-likeness (QED) is 0.156. The molecule has 0 unspecified atom stereocenters. The summed E-state index contributed by atoms with van der Waals surface area (Å²) >= 11 is 0. The minimum Gasteiger partial charge on any atom is -0.465 e. The third kappa shape index (κ3) is 10.2. The fourth-order valence-corrected chi connectivity index (χ4v) is 6.05. The largest absolute Gasteiger partial charge is 0.465 e. The van der Waals surface area contributed by atoms with E-state index < -0.39 is 35.8 Å². The van der Waals surface area contributed by atoms with Crippen LogP contribution in [0.5, 0.6) is 0 Å². The summed E-state index contributed by atoms with van der Waals surface area (Å²) in [6.45, 7) is 8.03. The van der Waals surface area contributed by atoms with Crippen LogP contribution in [-0.4, -0.2) is 86.7 Å². The zero-order chi connectivity index (χ0) is 36.0. The predicted molar refractivity (Wildman–Crippen MR) is 180 cm³/mol. The molecule has 2 aliphatic rings. The first-order chi connectivity index (χ1) is 23.8. The number of alkyl carbamates (subject to hydrolysis) is 1. The molecule has 5 rings (SSSR count). The molecule has 50 heavy (non-hydrogen) atoms. The van der Waals surface area contributed by atoms with E-state index in [-0.39, 0.29) is 29.1 Å². The number of rotatable bonds is 14. The Morgan fingerprint density at radius 2 is 1.82 bits per heavy atom. The van der Waals surface area contributed by atoms with Gasteiger partial charge in [0.1, 0.15) is 17.7 Å². The Balaban J connectivity index is 1.13. The van der Waals surface area contributed by atoms with Crippen LogP contribution in [0.4, 0.5) is 29.9 Å². The van der Waals surface area contributed by atoms with Crippen LogP contribution in [0.3, 0.4) is 0 Å². The molecule has 0 aromatic carbocycles. The van der Waals surface area contributed by atoms with E-state index in [2.05, 4.69) is 30.6 Å². The van der Waals surface area contributed by atoms with E-state index in [1.165, 1.54) is 28.0 Å². The molecule has 3 aromatic rings. The summed E-state index contributed by atoms with van der Waals surface area (Å²) in [5.41, 5.74) is -0.877. The first-order valence-electron chi connectivity index (χ1n) is 17.0. The van der Waals surface area contributed by atoms with Crippen molar-refractivity contribution in [3.63, 3.8) is 0 Å². The number of hydrogen-bond donors (Lipinski definition) is 3. The first kappa shape index (κ1) is 36.7. The Labute approximate surface area is 289 Å². The highest BCUT2D eigenvalue weighted by atomic mass is 19.3. The van der Waals surface area contributed by atoms with E-state index in [0.717, 1.165) is 64.3 Å². The molecule has 2 saturated carbocycles. The van der Waals surface area contributed by atoms with E-state index >= 15 is 0 Å². The number of anilines is 2. The summed E-state index contributed by atoms with van der Waals surface area (Å²) in [5.74, 6) is 0.273. The third-order valence-electron chi connectivity index (χ3n) is 8.73. The smallest absolute Gasteiger partial charge is 0.413 e. The average Bonchev–Trinajstić information content (AvgIpc) is 3.55. The van der Waals surface area contributed by atoms with Gasteiger partial charge in [-0.15, -0.1) is 0 Å². The lowest BCUT2D eigenvalue weighted by molar-refractivity contribution is 0.0525. The van der Waals surface area contributed by atoms with E-state index in [9.17, 15) is 28.3 Å². The Morgan fingerprint density at radius 3 is 2.48 bits per heavy atom. The molecule has 3 heterocycles. The Bertz CT molecular complexity index is 1630. The van der Waals surface area contributed by atoms with Gasteiger partial charge in [-0.05, 0) is 103 Å². The minimum atomic E-state index is -2.91. The number of nitrogens with one attached hydrogen (secondary N) is 2. The van der Waals surface area contributed by atoms with Gasteiger partial charge < -0.3 is 29.8 Å². The Morgan fingerprint density at radius 1 is 1.12 bits per heavy atom. The molecule has 0 atom stereocenters. The number of alkyl halides is 2. The van der Waals surface area contributed by atoms with Crippen LogP contribution in [0, 0.1) is 11.8 Å². The monoisotopic (exact) mass is 700 g/mol. The van der Waals surface area contributed by atoms with Crippen molar-refractivity contribution < 1.29 is 37.4 Å². The molecule has 2 aliphatic carbocycles. The fourth-order valence-electron chi connectivity index (χ4n) is 6.05. The summed E-state index contributed by atoms with van der Waals surface area (Å²) in [6.07, 6.45) is 5.59. The summed E-state index contributed by atoms with van der Waals surface area (Å²) < 4.78 is 40.4. The molecule has 2 fully saturated rings.